The molecule has 5 aromatic carbocycles. The van der Waals surface area contributed by atoms with Crippen molar-refractivity contribution in [1.82, 2.24) is 27.2 Å². The number of nitrogen functional groups attached to an aromatic ring is 5. The zero-order valence-corrected chi connectivity index (χ0v) is 93.0. The number of aromatic carboxylic acids is 1. The van der Waals surface area contributed by atoms with Gasteiger partial charge >= 0.3 is 107 Å². The Hall–Kier alpha value is -9.62. The van der Waals surface area contributed by atoms with Gasteiger partial charge < -0.3 is 95.3 Å². The number of ether oxygens (including phenoxy) is 7. The van der Waals surface area contributed by atoms with Crippen LogP contribution in [0.3, 0.4) is 0 Å². The number of rotatable bonds is 19. The number of halogens is 7. The number of aryl methyl sites for hydroxylation is 7. The second-order valence-electron chi connectivity index (χ2n) is 23.8. The first-order valence-corrected chi connectivity index (χ1v) is 49.6. The van der Waals surface area contributed by atoms with Crippen molar-refractivity contribution in [3.63, 3.8) is 0 Å². The number of para-hydroxylation sites is 5. The molecule has 0 bridgehead atoms. The minimum Gasteiger partial charge on any atom is -1.00 e. The number of carboxylic acid groups (broad SMARTS) is 1. The number of carbonyl (C=O) groups excluding carboxylic acids is 11. The Morgan fingerprint density at radius 2 is 0.905 bits per heavy atom. The number of benzene rings is 5. The summed E-state index contributed by atoms with van der Waals surface area (Å²) in [5.41, 5.74) is 47.1. The Morgan fingerprint density at radius 1 is 0.547 bits per heavy atom. The number of nitrogens with zero attached hydrogens (tertiary/aromatic N) is 6. The zero-order chi connectivity index (χ0) is 103. The van der Waals surface area contributed by atoms with Crippen LogP contribution >= 0.6 is 167 Å². The summed E-state index contributed by atoms with van der Waals surface area (Å²) in [7, 11) is 7.36. The summed E-state index contributed by atoms with van der Waals surface area (Å²) in [5, 5.41) is 27.3. The molecule has 39 nitrogen and oxygen atoms in total. The average molecular weight is 2300 g/mol. The molecular weight excluding hydrogens is 2200 g/mol. The fourth-order valence-electron chi connectivity index (χ4n) is 8.30. The summed E-state index contributed by atoms with van der Waals surface area (Å²) < 4.78 is 62.7. The van der Waals surface area contributed by atoms with E-state index in [2.05, 4.69) is 114 Å². The van der Waals surface area contributed by atoms with Gasteiger partial charge in [0, 0.05) is 78.5 Å². The van der Waals surface area contributed by atoms with Crippen molar-refractivity contribution in [3.05, 3.63) is 230 Å². The molecule has 0 aliphatic carbocycles. The molecule has 0 saturated carbocycles. The quantitative estimate of drug-likeness (QED) is 0.00291. The van der Waals surface area contributed by atoms with Gasteiger partial charge in [-0.15, -0.1) is 16.6 Å². The molecule has 0 spiro atoms. The van der Waals surface area contributed by atoms with Gasteiger partial charge in [0.25, 0.3) is 17.6 Å². The van der Waals surface area contributed by atoms with Gasteiger partial charge in [0.2, 0.25) is 14.5 Å². The van der Waals surface area contributed by atoms with Crippen molar-refractivity contribution < 1.29 is 171 Å². The van der Waals surface area contributed by atoms with E-state index in [0.29, 0.717) is 101 Å². The number of nitrogens with one attached hydrogen (secondary N) is 3. The SMILES string of the molecule is BrBr.CCOC(=O)/C(C(=S)NC(=O)Oc1ccccc1)=C(/C)N.CCOC(=O)/C=C(/C)N.CCOC(=O)c1c(C)nsc1N.CCOC(=O)c1c(C)nsc1NC(=O)Oc1ccccc1.Cc1ccccc1N.Cc1ccccc1NC(=O)c1c(C)nsc1N.Cc1nsc(N)c1C(=O)Cl.Cc1nsc(N)c1C(=O)O.O=C(Cl)CCl.O=C(N=C=S)Oc1ccccc1.O=CO[O-].O=S(Cl)Cl.[H-].[Na+].[Na+]. The number of carbonyl (C=O) groups is 12. The van der Waals surface area contributed by atoms with Crippen LogP contribution in [-0.2, 0) is 52.2 Å². The summed E-state index contributed by atoms with van der Waals surface area (Å²) in [4.78, 5) is 136. The number of nitrogens with two attached hydrogens (primary N) is 7. The van der Waals surface area contributed by atoms with E-state index >= 15 is 0 Å². The third-order valence-corrected chi connectivity index (χ3v) is 18.9. The number of anilines is 7. The number of allylic oxidation sites excluding steroid dienone is 2. The third-order valence-electron chi connectivity index (χ3n) is 13.9. The number of aliphatic imine (C=N–C) groups is 1. The Bertz CT molecular complexity index is 5430. The van der Waals surface area contributed by atoms with Crippen molar-refractivity contribution >= 4 is 293 Å². The molecule has 56 heteroatoms. The second kappa shape index (κ2) is 80.2. The van der Waals surface area contributed by atoms with E-state index in [0.717, 1.165) is 80.2 Å². The number of thiocarbonyl (C=S) groups is 2. The van der Waals surface area contributed by atoms with Crippen molar-refractivity contribution in [1.29, 1.82) is 0 Å². The van der Waals surface area contributed by atoms with Crippen LogP contribution < -0.4 is 135 Å². The molecule has 5 heterocycles. The van der Waals surface area contributed by atoms with Crippen molar-refractivity contribution in [2.24, 2.45) is 16.5 Å². The number of alkyl halides is 1. The minimum absolute atomic E-state index is 0. The van der Waals surface area contributed by atoms with Crippen LogP contribution in [0.25, 0.3) is 0 Å². The first-order chi connectivity index (χ1) is 63.8. The summed E-state index contributed by atoms with van der Waals surface area (Å²) in [5.74, 6) is -2.08. The first-order valence-electron chi connectivity index (χ1n) is 37.1. The molecule has 0 radical (unpaired) electrons. The van der Waals surface area contributed by atoms with Gasteiger partial charge in [0.05, 0.1) is 77.1 Å². The van der Waals surface area contributed by atoms with Crippen LogP contribution in [0, 0.1) is 48.5 Å². The maximum Gasteiger partial charge on any atom is 1.00 e. The van der Waals surface area contributed by atoms with E-state index in [4.69, 9.17) is 135 Å². The fourth-order valence-corrected chi connectivity index (χ4v) is 12.4. The molecule has 0 saturated heterocycles. The number of hydrogen-bond donors (Lipinski definition) is 11. The molecule has 5 aromatic heterocycles. The summed E-state index contributed by atoms with van der Waals surface area (Å²) in [6, 6.07) is 41.1. The van der Waals surface area contributed by atoms with E-state index in [1.54, 1.807) is 148 Å². The largest absolute Gasteiger partial charge is 1.00 e. The van der Waals surface area contributed by atoms with Crippen LogP contribution in [0.2, 0.25) is 0 Å². The minimum atomic E-state index is -1.67. The van der Waals surface area contributed by atoms with Crippen LogP contribution in [0.15, 0.2) is 168 Å². The second-order valence-corrected chi connectivity index (χ2v) is 31.9. The van der Waals surface area contributed by atoms with Crippen LogP contribution in [0.4, 0.5) is 50.8 Å². The Balaban J connectivity index is -0.000000353. The number of carboxylic acids is 1. The van der Waals surface area contributed by atoms with Crippen molar-refractivity contribution in [2.75, 3.05) is 71.6 Å². The van der Waals surface area contributed by atoms with E-state index in [1.165, 1.54) is 13.0 Å². The molecule has 4 amide bonds. The van der Waals surface area contributed by atoms with Gasteiger partial charge in [0.15, 0.2) is 0 Å². The van der Waals surface area contributed by atoms with Crippen molar-refractivity contribution in [3.8, 4) is 17.2 Å². The number of hydrogen-bond acceptors (Lipinski definition) is 41. The van der Waals surface area contributed by atoms with Gasteiger partial charge in [0.1, 0.15) is 69.5 Å². The normalized spacial score (nSPS) is 9.52. The zero-order valence-electron chi connectivity index (χ0n) is 76.5. The molecule has 10 aromatic rings. The smallest absolute Gasteiger partial charge is 1.00 e. The summed E-state index contributed by atoms with van der Waals surface area (Å²) >= 11 is 34.8. The van der Waals surface area contributed by atoms with Gasteiger partial charge in [-0.1, -0.05) is 103 Å². The maximum atomic E-state index is 12.0. The molecule has 10 rings (SSSR count). The summed E-state index contributed by atoms with van der Waals surface area (Å²) in [6.45, 7) is 23.4. The first kappa shape index (κ1) is 136. The van der Waals surface area contributed by atoms with Crippen LogP contribution in [0.5, 0.6) is 17.2 Å². The Morgan fingerprint density at radius 3 is 1.23 bits per heavy atom. The van der Waals surface area contributed by atoms with E-state index in [9.17, 15) is 52.7 Å². The standard InChI is InChI=1S/C14H14N2O4S.C14H16N2O4S.C12H13N3OS.C8H5NO2S.C7H10N2O2S.C7H9N.C6H11NO2.C5H5ClN2OS.C5H6N2O2S.C2H2Cl2O.CH2O3.Br2.Cl2OS.2Na.H/c1-3-19-13(17)11-9(2)16-21-12(11)15-14(18)20-10-7-5-4-6-8-10;1-3-19-13(17)11(9(2)15)12(21)16-14(18)20-10-7-5-4-6-8-10;1-7-5-3-4-6-9(7)14-12(16)10-8(2)15-17-11(10)13;10-8(9-6-12)11-7-4-2-1-3-5-7;1-3-11-7(10)5-4(2)9-12-6(5)8;1-6-4-2-3-5-7(6)8;1-3-9-6(8)4-5(2)7;1-2-3(4(6)9)5(7)10-8-2;1-2-3(5(8)9)4(6)10-7-2;3-1-2(4)5;2-1-4-3;1-2;1-4(2)3;;;/h4-8H,3H2,1-2H3,(H,15,18);4-8H,3,15H2,1-2H3,(H,16,18,21);3-6H,13H2,1-2H3,(H,14,16);1-5H;3,8H2,1-2H3;2-5H,8H2,1H3;4H,3,7H2,1-2H3;7H2,1H3;6H2,1H3,(H,8,9);1H2;1,3H;;;;;/q;;;;;;;;;;;;;2*+1;-1/p-1/b;11-9-;;;;;5-4-;;;;;;;;;. The molecule has 734 valence electrons. The molecule has 18 N–H and O–H groups in total. The topological polar surface area (TPSA) is 634 Å². The third kappa shape index (κ3) is 60.8. The van der Waals surface area contributed by atoms with E-state index in [1.807, 2.05) is 79.7 Å². The number of amides is 4. The molecular formula is C81H93Br2Cl5N16Na2O23S8. The molecule has 0 aliphatic heterocycles. The van der Waals surface area contributed by atoms with E-state index < -0.39 is 55.9 Å². The number of esters is 4. The maximum absolute atomic E-state index is 12.0. The monoisotopic (exact) mass is 2290 g/mol. The molecule has 0 fully saturated rings. The number of aromatic nitrogens is 5. The van der Waals surface area contributed by atoms with E-state index in [-0.39, 0.29) is 136 Å². The molecule has 137 heavy (non-hydrogen) atoms. The van der Waals surface area contributed by atoms with Gasteiger partial charge in [-0.25, -0.2) is 42.6 Å². The number of isothiocyanates is 1. The van der Waals surface area contributed by atoms with Crippen LogP contribution in [-0.4, -0.2) is 145 Å². The Kier molecular flexibility index (Phi) is 79.5. The molecule has 0 aliphatic rings. The predicted molar refractivity (Wildman–Crippen MR) is 543 cm³/mol. The van der Waals surface area contributed by atoms with Gasteiger partial charge in [-0.05, 0) is 243 Å². The predicted octanol–water partition coefficient (Wildman–Crippen LogP) is 11.6. The Labute approximate surface area is 906 Å². The van der Waals surface area contributed by atoms with Crippen molar-refractivity contribution in [2.45, 2.75) is 90.0 Å². The summed E-state index contributed by atoms with van der Waals surface area (Å²) in [6.07, 6.45) is -0.996. The van der Waals surface area contributed by atoms with Gasteiger partial charge in [-0.3, -0.25) is 29.8 Å². The molecule has 0 unspecified atom stereocenters. The average Bonchev–Trinajstić information content (AvgIpc) is 1.69. The fraction of sp³-hybridized carbons (Fsp3) is 0.222. The molecule has 0 atom stereocenters. The van der Waals surface area contributed by atoms with Gasteiger partial charge in [-0.2, -0.15) is 21.9 Å². The van der Waals surface area contributed by atoms with Crippen LogP contribution in [0.1, 0.15) is 134 Å².